The molecule has 0 aromatic carbocycles. The van der Waals surface area contributed by atoms with Crippen molar-refractivity contribution < 1.29 is 13.2 Å². The molecule has 1 heterocycles. The first-order valence-electron chi connectivity index (χ1n) is 3.46. The third kappa shape index (κ3) is 1.78. The van der Waals surface area contributed by atoms with Crippen LogP contribution in [0.4, 0.5) is 13.2 Å². The number of nitrogens with one attached hydrogen (secondary N) is 1. The lowest BCUT2D eigenvalue weighted by Gasteiger charge is -1.99. The number of H-pyrrole nitrogens is 1. The first-order valence-corrected chi connectivity index (χ1v) is 3.46. The van der Waals surface area contributed by atoms with Gasteiger partial charge in [-0.3, -0.25) is 5.10 Å². The molecule has 5 heteroatoms. The van der Waals surface area contributed by atoms with Crippen LogP contribution in [0.25, 0.3) is 0 Å². The lowest BCUT2D eigenvalue weighted by atomic mass is 10.1. The summed E-state index contributed by atoms with van der Waals surface area (Å²) in [5.74, 6) is -0.0198. The zero-order valence-electron chi connectivity index (χ0n) is 6.66. The molecule has 0 saturated carbocycles. The minimum Gasteiger partial charge on any atom is -0.281 e. The zero-order chi connectivity index (χ0) is 9.35. The number of nitrogens with zero attached hydrogens (tertiary/aromatic N) is 1. The summed E-state index contributed by atoms with van der Waals surface area (Å²) >= 11 is 0. The number of hydrogen-bond acceptors (Lipinski definition) is 1. The van der Waals surface area contributed by atoms with Gasteiger partial charge in [-0.15, -0.1) is 0 Å². The maximum atomic E-state index is 12.0. The van der Waals surface area contributed by atoms with Crippen molar-refractivity contribution in [1.82, 2.24) is 10.2 Å². The molecule has 1 aromatic rings. The van der Waals surface area contributed by atoms with Gasteiger partial charge in [-0.25, -0.2) is 0 Å². The van der Waals surface area contributed by atoms with Crippen molar-refractivity contribution in [3.05, 3.63) is 17.5 Å². The lowest BCUT2D eigenvalue weighted by Crippen LogP contribution is -2.05. The third-order valence-electron chi connectivity index (χ3n) is 1.39. The molecule has 0 aliphatic heterocycles. The van der Waals surface area contributed by atoms with Crippen LogP contribution in [0.2, 0.25) is 0 Å². The molecule has 1 radical (unpaired) electrons. The summed E-state index contributed by atoms with van der Waals surface area (Å²) in [4.78, 5) is 0. The first-order chi connectivity index (χ1) is 5.41. The van der Waals surface area contributed by atoms with E-state index in [4.69, 9.17) is 0 Å². The fourth-order valence-electron chi connectivity index (χ4n) is 0.707. The van der Waals surface area contributed by atoms with Gasteiger partial charge in [-0.1, -0.05) is 13.8 Å². The average molecular weight is 177 g/mol. The van der Waals surface area contributed by atoms with Gasteiger partial charge in [0.25, 0.3) is 0 Å². The van der Waals surface area contributed by atoms with Gasteiger partial charge in [0.1, 0.15) is 0 Å². The Morgan fingerprint density at radius 2 is 2.00 bits per heavy atom. The number of hydrogen-bond donors (Lipinski definition) is 1. The maximum Gasteiger partial charge on any atom is 0.435 e. The van der Waals surface area contributed by atoms with Crippen LogP contribution < -0.4 is 0 Å². The zero-order valence-corrected chi connectivity index (χ0v) is 6.66. The van der Waals surface area contributed by atoms with Gasteiger partial charge < -0.3 is 0 Å². The van der Waals surface area contributed by atoms with E-state index in [1.807, 2.05) is 0 Å². The number of alkyl halides is 3. The normalized spacial score (nSPS) is 12.5. The first kappa shape index (κ1) is 9.09. The van der Waals surface area contributed by atoms with Gasteiger partial charge in [0.15, 0.2) is 5.69 Å². The summed E-state index contributed by atoms with van der Waals surface area (Å²) in [6.07, 6.45) is -4.40. The number of rotatable bonds is 1. The second kappa shape index (κ2) is 2.80. The maximum absolute atomic E-state index is 12.0. The van der Waals surface area contributed by atoms with Crippen LogP contribution in [0.15, 0.2) is 0 Å². The predicted octanol–water partition coefficient (Wildman–Crippen LogP) is 2.35. The topological polar surface area (TPSA) is 28.7 Å². The summed E-state index contributed by atoms with van der Waals surface area (Å²) in [6.45, 7) is 3.54. The van der Waals surface area contributed by atoms with E-state index < -0.39 is 11.9 Å². The molecule has 0 amide bonds. The molecule has 1 rings (SSSR count). The van der Waals surface area contributed by atoms with Crippen molar-refractivity contribution in [2.75, 3.05) is 0 Å². The van der Waals surface area contributed by atoms with Gasteiger partial charge in [-0.2, -0.15) is 18.3 Å². The van der Waals surface area contributed by atoms with E-state index >= 15 is 0 Å². The third-order valence-corrected chi connectivity index (χ3v) is 1.39. The van der Waals surface area contributed by atoms with Gasteiger partial charge in [0.2, 0.25) is 0 Å². The van der Waals surface area contributed by atoms with Crippen LogP contribution in [-0.4, -0.2) is 10.2 Å². The summed E-state index contributed by atoms with van der Waals surface area (Å²) in [7, 11) is 0. The molecule has 0 spiro atoms. The van der Waals surface area contributed by atoms with E-state index in [0.29, 0.717) is 5.69 Å². The Morgan fingerprint density at radius 3 is 2.25 bits per heavy atom. The van der Waals surface area contributed by atoms with Crippen molar-refractivity contribution in [3.63, 3.8) is 0 Å². The van der Waals surface area contributed by atoms with Crippen LogP contribution in [0.3, 0.4) is 0 Å². The van der Waals surface area contributed by atoms with Crippen LogP contribution in [0.5, 0.6) is 0 Å². The summed E-state index contributed by atoms with van der Waals surface area (Å²) < 4.78 is 35.9. The molecule has 0 bridgehead atoms. The Bertz CT molecular complexity index is 262. The minimum atomic E-state index is -4.40. The molecule has 0 aliphatic rings. The molecule has 12 heavy (non-hydrogen) atoms. The molecule has 1 N–H and O–H groups in total. The molecule has 2 nitrogen and oxygen atoms in total. The highest BCUT2D eigenvalue weighted by molar-refractivity contribution is 5.11. The fraction of sp³-hybridized carbons (Fsp3) is 0.571. The molecular weight excluding hydrogens is 169 g/mol. The molecular formula is C7H8F3N2. The molecule has 0 aliphatic carbocycles. The van der Waals surface area contributed by atoms with Gasteiger partial charge in [0.05, 0.1) is 0 Å². The fourth-order valence-corrected chi connectivity index (χ4v) is 0.707. The van der Waals surface area contributed by atoms with Crippen molar-refractivity contribution in [1.29, 1.82) is 0 Å². The Morgan fingerprint density at radius 1 is 1.42 bits per heavy atom. The largest absolute Gasteiger partial charge is 0.435 e. The van der Waals surface area contributed by atoms with Crippen LogP contribution in [-0.2, 0) is 6.18 Å². The van der Waals surface area contributed by atoms with Crippen LogP contribution in [0.1, 0.15) is 31.2 Å². The van der Waals surface area contributed by atoms with Gasteiger partial charge >= 0.3 is 6.18 Å². The minimum absolute atomic E-state index is 0.0198. The number of aromatic nitrogens is 2. The van der Waals surface area contributed by atoms with Crippen LogP contribution >= 0.6 is 0 Å². The molecule has 0 saturated heterocycles. The van der Waals surface area contributed by atoms with E-state index in [9.17, 15) is 13.2 Å². The van der Waals surface area contributed by atoms with Crippen molar-refractivity contribution >= 4 is 0 Å². The molecule has 0 atom stereocenters. The van der Waals surface area contributed by atoms with Crippen LogP contribution in [0, 0.1) is 6.07 Å². The van der Waals surface area contributed by atoms with E-state index in [1.54, 1.807) is 13.8 Å². The van der Waals surface area contributed by atoms with E-state index in [1.165, 1.54) is 0 Å². The van der Waals surface area contributed by atoms with E-state index in [0.717, 1.165) is 0 Å². The Labute approximate surface area is 67.8 Å². The smallest absolute Gasteiger partial charge is 0.281 e. The summed E-state index contributed by atoms with van der Waals surface area (Å²) in [5.41, 5.74) is -0.603. The highest BCUT2D eigenvalue weighted by Crippen LogP contribution is 2.28. The monoisotopic (exact) mass is 177 g/mol. The highest BCUT2D eigenvalue weighted by Gasteiger charge is 2.34. The number of aromatic amines is 1. The number of halogens is 3. The average Bonchev–Trinajstić information content (AvgIpc) is 2.30. The molecule has 0 fully saturated rings. The molecule has 67 valence electrons. The van der Waals surface area contributed by atoms with Gasteiger partial charge in [-0.05, 0) is 5.92 Å². The quantitative estimate of drug-likeness (QED) is 0.700. The van der Waals surface area contributed by atoms with E-state index in [2.05, 4.69) is 16.3 Å². The van der Waals surface area contributed by atoms with Crippen molar-refractivity contribution in [2.24, 2.45) is 0 Å². The Kier molecular flexibility index (Phi) is 2.12. The second-order valence-electron chi connectivity index (χ2n) is 2.76. The predicted molar refractivity (Wildman–Crippen MR) is 36.5 cm³/mol. The van der Waals surface area contributed by atoms with Crippen molar-refractivity contribution in [2.45, 2.75) is 25.9 Å². The molecule has 0 unspecified atom stereocenters. The Balaban J connectivity index is 2.92. The lowest BCUT2D eigenvalue weighted by molar-refractivity contribution is -0.141. The standard InChI is InChI=1S/C7H8F3N2/c1-4(2)5-3-6(12-11-5)7(8,9)10/h4H,1-2H3,(H,11,12). The van der Waals surface area contributed by atoms with Gasteiger partial charge in [0, 0.05) is 11.8 Å². The summed E-state index contributed by atoms with van der Waals surface area (Å²) in [5, 5.41) is 5.39. The summed E-state index contributed by atoms with van der Waals surface area (Å²) in [6, 6.07) is 2.16. The van der Waals surface area contributed by atoms with E-state index in [-0.39, 0.29) is 5.92 Å². The van der Waals surface area contributed by atoms with Crippen molar-refractivity contribution in [3.8, 4) is 0 Å². The highest BCUT2D eigenvalue weighted by atomic mass is 19.4. The Hall–Kier alpha value is -1.00. The molecule has 1 aromatic heterocycles. The SMILES string of the molecule is CC(C)c1[c]c(C(F)(F)F)n[nH]1. The second-order valence-corrected chi connectivity index (χ2v) is 2.76.